The second-order valence-electron chi connectivity index (χ2n) is 6.96. The van der Waals surface area contributed by atoms with Crippen molar-refractivity contribution in [3.8, 4) is 11.5 Å². The zero-order valence-electron chi connectivity index (χ0n) is 13.8. The van der Waals surface area contributed by atoms with E-state index in [4.69, 9.17) is 4.42 Å². The van der Waals surface area contributed by atoms with Gasteiger partial charge in [-0.1, -0.05) is 18.2 Å². The Bertz CT molecular complexity index is 732. The fraction of sp³-hybridized carbons (Fsp3) is 0.474. The van der Waals surface area contributed by atoms with Crippen molar-refractivity contribution in [2.75, 3.05) is 13.6 Å². The Labute approximate surface area is 141 Å². The Kier molecular flexibility index (Phi) is 3.88. The summed E-state index contributed by atoms with van der Waals surface area (Å²) in [6.45, 7) is 0.348. The molecule has 1 heterocycles. The smallest absolute Gasteiger partial charge is 0.275 e. The van der Waals surface area contributed by atoms with Gasteiger partial charge in [-0.25, -0.2) is 4.98 Å². The van der Waals surface area contributed by atoms with Crippen LogP contribution in [0, 0.1) is 5.92 Å². The lowest BCUT2D eigenvalue weighted by Gasteiger charge is -2.20. The Morgan fingerprint density at radius 3 is 2.62 bits per heavy atom. The Hall–Kier alpha value is -2.14. The summed E-state index contributed by atoms with van der Waals surface area (Å²) in [6.07, 6.45) is 3.75. The number of aromatic nitrogens is 1. The van der Waals surface area contributed by atoms with Crippen LogP contribution in [0.25, 0.3) is 11.5 Å². The van der Waals surface area contributed by atoms with Crippen LogP contribution >= 0.6 is 0 Å². The number of nitrogens with zero attached hydrogens (tertiary/aromatic N) is 2. The summed E-state index contributed by atoms with van der Waals surface area (Å²) in [5.41, 5.74) is 1.28. The zero-order valence-corrected chi connectivity index (χ0v) is 13.8. The van der Waals surface area contributed by atoms with Crippen LogP contribution in [0.4, 0.5) is 0 Å². The van der Waals surface area contributed by atoms with E-state index in [2.05, 4.69) is 4.98 Å². The number of hydrogen-bond donors (Lipinski definition) is 1. The molecule has 2 aromatic rings. The molecule has 0 bridgehead atoms. The minimum atomic E-state index is -0.441. The molecule has 2 aliphatic rings. The van der Waals surface area contributed by atoms with Crippen LogP contribution in [0.1, 0.15) is 47.8 Å². The Morgan fingerprint density at radius 1 is 1.29 bits per heavy atom. The molecule has 1 amide bonds. The van der Waals surface area contributed by atoms with Gasteiger partial charge in [-0.15, -0.1) is 0 Å². The van der Waals surface area contributed by atoms with Crippen LogP contribution in [0.15, 0.2) is 34.7 Å². The first kappa shape index (κ1) is 15.4. The number of benzene rings is 1. The van der Waals surface area contributed by atoms with Crippen molar-refractivity contribution >= 4 is 5.91 Å². The van der Waals surface area contributed by atoms with Crippen molar-refractivity contribution in [1.29, 1.82) is 0 Å². The van der Waals surface area contributed by atoms with E-state index < -0.39 is 6.10 Å². The molecular formula is C19H22N2O3. The zero-order chi connectivity index (χ0) is 16.7. The molecule has 2 aliphatic carbocycles. The molecule has 0 radical (unpaired) electrons. The normalized spacial score (nSPS) is 18.4. The van der Waals surface area contributed by atoms with Crippen LogP contribution in [-0.2, 0) is 0 Å². The molecular weight excluding hydrogens is 304 g/mol. The molecule has 2 fully saturated rings. The summed E-state index contributed by atoms with van der Waals surface area (Å²) in [6, 6.07) is 9.65. The third kappa shape index (κ3) is 3.08. The standard InChI is InChI=1S/C19H22N2O3/c1-21(11-15(22)12-7-8-12)19(23)16-17(13-9-10-13)24-18(20-16)14-5-3-2-4-6-14/h2-6,12-13,15,22H,7-11H2,1H3. The number of aliphatic hydroxyl groups excluding tert-OH is 1. The van der Waals surface area contributed by atoms with Gasteiger partial charge >= 0.3 is 0 Å². The van der Waals surface area contributed by atoms with Crippen molar-refractivity contribution in [2.45, 2.75) is 37.7 Å². The maximum Gasteiger partial charge on any atom is 0.275 e. The minimum Gasteiger partial charge on any atom is -0.440 e. The summed E-state index contributed by atoms with van der Waals surface area (Å²) >= 11 is 0. The molecule has 1 atom stereocenters. The molecule has 0 spiro atoms. The SMILES string of the molecule is CN(CC(O)C1CC1)C(=O)c1nc(-c2ccccc2)oc1C1CC1. The van der Waals surface area contributed by atoms with E-state index in [0.717, 1.165) is 31.2 Å². The second-order valence-corrected chi connectivity index (χ2v) is 6.96. The number of carbonyl (C=O) groups is 1. The average Bonchev–Trinajstić information content (AvgIpc) is 3.51. The Balaban J connectivity index is 1.58. The van der Waals surface area contributed by atoms with Crippen LogP contribution in [-0.4, -0.2) is 40.6 Å². The predicted octanol–water partition coefficient (Wildman–Crippen LogP) is 3.06. The van der Waals surface area contributed by atoms with Crippen LogP contribution < -0.4 is 0 Å². The van der Waals surface area contributed by atoms with Crippen LogP contribution in [0.2, 0.25) is 0 Å². The minimum absolute atomic E-state index is 0.164. The molecule has 2 saturated carbocycles. The summed E-state index contributed by atoms with van der Waals surface area (Å²) < 4.78 is 5.94. The van der Waals surface area contributed by atoms with Gasteiger partial charge in [0.15, 0.2) is 5.69 Å². The van der Waals surface area contributed by atoms with E-state index >= 15 is 0 Å². The number of aliphatic hydroxyl groups is 1. The summed E-state index contributed by atoms with van der Waals surface area (Å²) in [4.78, 5) is 18.9. The molecule has 0 aliphatic heterocycles. The van der Waals surface area contributed by atoms with E-state index in [0.29, 0.717) is 35.7 Å². The first-order valence-electron chi connectivity index (χ1n) is 8.63. The highest BCUT2D eigenvalue weighted by molar-refractivity contribution is 5.94. The van der Waals surface area contributed by atoms with Gasteiger partial charge in [-0.2, -0.15) is 0 Å². The van der Waals surface area contributed by atoms with Gasteiger partial charge < -0.3 is 14.4 Å². The highest BCUT2D eigenvalue weighted by atomic mass is 16.4. The van der Waals surface area contributed by atoms with E-state index in [1.807, 2.05) is 30.3 Å². The number of oxazole rings is 1. The lowest BCUT2D eigenvalue weighted by atomic mass is 10.2. The highest BCUT2D eigenvalue weighted by Crippen LogP contribution is 2.43. The van der Waals surface area contributed by atoms with Crippen molar-refractivity contribution in [3.63, 3.8) is 0 Å². The lowest BCUT2D eigenvalue weighted by molar-refractivity contribution is 0.0638. The number of likely N-dealkylation sites (N-methyl/N-ethyl adjacent to an activating group) is 1. The largest absolute Gasteiger partial charge is 0.440 e. The molecule has 1 aromatic carbocycles. The fourth-order valence-electron chi connectivity index (χ4n) is 2.99. The summed E-state index contributed by atoms with van der Waals surface area (Å²) in [5.74, 6) is 1.68. The lowest BCUT2D eigenvalue weighted by Crippen LogP contribution is -2.35. The van der Waals surface area contributed by atoms with E-state index in [1.54, 1.807) is 11.9 Å². The van der Waals surface area contributed by atoms with Gasteiger partial charge in [0, 0.05) is 25.1 Å². The van der Waals surface area contributed by atoms with Crippen molar-refractivity contribution < 1.29 is 14.3 Å². The molecule has 126 valence electrons. The number of carbonyl (C=O) groups excluding carboxylic acids is 1. The summed E-state index contributed by atoms with van der Waals surface area (Å²) in [7, 11) is 1.72. The topological polar surface area (TPSA) is 66.6 Å². The second kappa shape index (κ2) is 6.06. The molecule has 5 nitrogen and oxygen atoms in total. The van der Waals surface area contributed by atoms with Gasteiger partial charge in [-0.05, 0) is 43.7 Å². The van der Waals surface area contributed by atoms with E-state index in [-0.39, 0.29) is 5.91 Å². The highest BCUT2D eigenvalue weighted by Gasteiger charge is 2.36. The van der Waals surface area contributed by atoms with Crippen molar-refractivity contribution in [2.24, 2.45) is 5.92 Å². The fourth-order valence-corrected chi connectivity index (χ4v) is 2.99. The van der Waals surface area contributed by atoms with E-state index in [1.165, 1.54) is 0 Å². The van der Waals surface area contributed by atoms with Crippen molar-refractivity contribution in [1.82, 2.24) is 9.88 Å². The quantitative estimate of drug-likeness (QED) is 0.886. The van der Waals surface area contributed by atoms with Gasteiger partial charge in [0.2, 0.25) is 5.89 Å². The third-order valence-electron chi connectivity index (χ3n) is 4.80. The van der Waals surface area contributed by atoms with Gasteiger partial charge in [0.25, 0.3) is 5.91 Å². The van der Waals surface area contributed by atoms with Crippen LogP contribution in [0.5, 0.6) is 0 Å². The van der Waals surface area contributed by atoms with Gasteiger partial charge in [0.05, 0.1) is 6.10 Å². The first-order valence-corrected chi connectivity index (χ1v) is 8.63. The molecule has 5 heteroatoms. The van der Waals surface area contributed by atoms with E-state index in [9.17, 15) is 9.90 Å². The maximum atomic E-state index is 12.8. The van der Waals surface area contributed by atoms with Crippen LogP contribution in [0.3, 0.4) is 0 Å². The molecule has 0 saturated heterocycles. The maximum absolute atomic E-state index is 12.8. The average molecular weight is 326 g/mol. The predicted molar refractivity (Wildman–Crippen MR) is 89.6 cm³/mol. The molecule has 24 heavy (non-hydrogen) atoms. The molecule has 1 N–H and O–H groups in total. The van der Waals surface area contributed by atoms with Crippen molar-refractivity contribution in [3.05, 3.63) is 41.8 Å². The number of hydrogen-bond acceptors (Lipinski definition) is 4. The summed E-state index contributed by atoms with van der Waals surface area (Å²) in [5, 5.41) is 10.1. The van der Waals surface area contributed by atoms with Gasteiger partial charge in [-0.3, -0.25) is 4.79 Å². The van der Waals surface area contributed by atoms with Gasteiger partial charge in [0.1, 0.15) is 5.76 Å². The first-order chi connectivity index (χ1) is 11.6. The number of rotatable bonds is 6. The molecule has 4 rings (SSSR count). The Morgan fingerprint density at radius 2 is 2.00 bits per heavy atom. The number of amides is 1. The third-order valence-corrected chi connectivity index (χ3v) is 4.80. The monoisotopic (exact) mass is 326 g/mol. The molecule has 1 unspecified atom stereocenters. The molecule has 1 aromatic heterocycles.